The van der Waals surface area contributed by atoms with Gasteiger partial charge in [0.05, 0.1) is 18.2 Å². The standard InChI is InChI=1S/C15H13N3O4/c1-22-14-8-4-12(5-9-14)15(19)17-16-10-11-2-6-13(7-3-11)18(20)21/h2-10H,1H3,(H,17,19)/b16-10+. The fourth-order valence-corrected chi connectivity index (χ4v) is 1.65. The van der Waals surface area contributed by atoms with E-state index in [2.05, 4.69) is 10.5 Å². The number of amides is 1. The highest BCUT2D eigenvalue weighted by molar-refractivity contribution is 5.95. The van der Waals surface area contributed by atoms with Crippen LogP contribution < -0.4 is 10.2 Å². The van der Waals surface area contributed by atoms with Gasteiger partial charge >= 0.3 is 0 Å². The average Bonchev–Trinajstić information content (AvgIpc) is 2.55. The Balaban J connectivity index is 1.96. The van der Waals surface area contributed by atoms with Crippen molar-refractivity contribution in [1.82, 2.24) is 5.43 Å². The third-order valence-electron chi connectivity index (χ3n) is 2.84. The Morgan fingerprint density at radius 3 is 2.36 bits per heavy atom. The molecular weight excluding hydrogens is 286 g/mol. The first kappa shape index (κ1) is 15.2. The second-order valence-electron chi connectivity index (χ2n) is 4.28. The number of methoxy groups -OCH3 is 1. The van der Waals surface area contributed by atoms with E-state index in [1.165, 1.54) is 18.3 Å². The molecule has 0 spiro atoms. The van der Waals surface area contributed by atoms with Crippen molar-refractivity contribution >= 4 is 17.8 Å². The quantitative estimate of drug-likeness (QED) is 0.521. The predicted octanol–water partition coefficient (Wildman–Crippen LogP) is 2.37. The number of non-ortho nitro benzene ring substituents is 1. The lowest BCUT2D eigenvalue weighted by molar-refractivity contribution is -0.384. The Bertz CT molecular complexity index is 694. The van der Waals surface area contributed by atoms with E-state index in [9.17, 15) is 14.9 Å². The molecule has 0 bridgehead atoms. The van der Waals surface area contributed by atoms with Crippen molar-refractivity contribution < 1.29 is 14.5 Å². The van der Waals surface area contributed by atoms with E-state index in [1.54, 1.807) is 43.5 Å². The number of carbonyl (C=O) groups excluding carboxylic acids is 1. The fraction of sp³-hybridized carbons (Fsp3) is 0.0667. The highest BCUT2D eigenvalue weighted by Gasteiger charge is 2.04. The number of hydrogen-bond acceptors (Lipinski definition) is 5. The predicted molar refractivity (Wildman–Crippen MR) is 81.2 cm³/mol. The lowest BCUT2D eigenvalue weighted by Gasteiger charge is -2.02. The van der Waals surface area contributed by atoms with Gasteiger partial charge in [0.1, 0.15) is 5.75 Å². The van der Waals surface area contributed by atoms with Crippen molar-refractivity contribution in [3.8, 4) is 5.75 Å². The van der Waals surface area contributed by atoms with Crippen LogP contribution in [0.3, 0.4) is 0 Å². The van der Waals surface area contributed by atoms with Crippen molar-refractivity contribution in [2.24, 2.45) is 5.10 Å². The van der Waals surface area contributed by atoms with Gasteiger partial charge in [0, 0.05) is 17.7 Å². The van der Waals surface area contributed by atoms with E-state index in [4.69, 9.17) is 4.74 Å². The summed E-state index contributed by atoms with van der Waals surface area (Å²) < 4.78 is 5.01. The molecule has 0 saturated carbocycles. The summed E-state index contributed by atoms with van der Waals surface area (Å²) in [5.74, 6) is 0.298. The van der Waals surface area contributed by atoms with Gasteiger partial charge < -0.3 is 4.74 Å². The van der Waals surface area contributed by atoms with Gasteiger partial charge in [-0.05, 0) is 42.0 Å². The van der Waals surface area contributed by atoms with Crippen molar-refractivity contribution in [2.45, 2.75) is 0 Å². The molecule has 7 nitrogen and oxygen atoms in total. The minimum Gasteiger partial charge on any atom is -0.497 e. The van der Waals surface area contributed by atoms with Gasteiger partial charge in [0.15, 0.2) is 0 Å². The van der Waals surface area contributed by atoms with E-state index in [1.807, 2.05) is 0 Å². The van der Waals surface area contributed by atoms with Crippen molar-refractivity contribution in [3.63, 3.8) is 0 Å². The number of rotatable bonds is 5. The highest BCUT2D eigenvalue weighted by atomic mass is 16.6. The van der Waals surface area contributed by atoms with Crippen molar-refractivity contribution in [1.29, 1.82) is 0 Å². The maximum Gasteiger partial charge on any atom is 0.271 e. The van der Waals surface area contributed by atoms with Crippen LogP contribution in [-0.2, 0) is 0 Å². The molecule has 7 heteroatoms. The second-order valence-corrected chi connectivity index (χ2v) is 4.28. The van der Waals surface area contributed by atoms with E-state index in [-0.39, 0.29) is 11.6 Å². The molecule has 22 heavy (non-hydrogen) atoms. The Morgan fingerprint density at radius 1 is 1.18 bits per heavy atom. The highest BCUT2D eigenvalue weighted by Crippen LogP contribution is 2.11. The Morgan fingerprint density at radius 2 is 1.82 bits per heavy atom. The molecule has 1 amide bonds. The molecule has 0 fully saturated rings. The van der Waals surface area contributed by atoms with E-state index < -0.39 is 4.92 Å². The van der Waals surface area contributed by atoms with Gasteiger partial charge in [-0.3, -0.25) is 14.9 Å². The largest absolute Gasteiger partial charge is 0.497 e. The number of nitrogens with zero attached hydrogens (tertiary/aromatic N) is 2. The van der Waals surface area contributed by atoms with E-state index in [0.717, 1.165) is 0 Å². The first-order valence-corrected chi connectivity index (χ1v) is 6.32. The summed E-state index contributed by atoms with van der Waals surface area (Å²) in [5.41, 5.74) is 3.46. The zero-order chi connectivity index (χ0) is 15.9. The minimum absolute atomic E-state index is 0.000539. The molecular formula is C15H13N3O4. The minimum atomic E-state index is -0.480. The van der Waals surface area contributed by atoms with E-state index in [0.29, 0.717) is 16.9 Å². The number of benzene rings is 2. The molecule has 0 unspecified atom stereocenters. The zero-order valence-corrected chi connectivity index (χ0v) is 11.7. The van der Waals surface area contributed by atoms with Crippen LogP contribution in [0.5, 0.6) is 5.75 Å². The van der Waals surface area contributed by atoms with Gasteiger partial charge in [-0.25, -0.2) is 5.43 Å². The van der Waals surface area contributed by atoms with Crippen LogP contribution in [0.4, 0.5) is 5.69 Å². The monoisotopic (exact) mass is 299 g/mol. The molecule has 1 N–H and O–H groups in total. The number of carbonyl (C=O) groups is 1. The number of ether oxygens (including phenoxy) is 1. The Labute approximate surface area is 126 Å². The maximum absolute atomic E-state index is 11.8. The Kier molecular flexibility index (Phi) is 4.81. The topological polar surface area (TPSA) is 93.8 Å². The molecule has 0 atom stereocenters. The molecule has 0 radical (unpaired) electrons. The molecule has 0 heterocycles. The van der Waals surface area contributed by atoms with Crippen LogP contribution in [-0.4, -0.2) is 24.2 Å². The SMILES string of the molecule is COc1ccc(C(=O)N/N=C/c2ccc([N+](=O)[O-])cc2)cc1. The lowest BCUT2D eigenvalue weighted by Crippen LogP contribution is -2.17. The third kappa shape index (κ3) is 3.89. The van der Waals surface area contributed by atoms with Gasteiger partial charge in [0.2, 0.25) is 0 Å². The molecule has 2 aromatic carbocycles. The fourth-order valence-electron chi connectivity index (χ4n) is 1.65. The second kappa shape index (κ2) is 6.98. The summed E-state index contributed by atoms with van der Waals surface area (Å²) >= 11 is 0. The van der Waals surface area contributed by atoms with Crippen LogP contribution in [0, 0.1) is 10.1 Å². The molecule has 0 aliphatic carbocycles. The Hall–Kier alpha value is -3.22. The molecule has 0 aromatic heterocycles. The molecule has 112 valence electrons. The normalized spacial score (nSPS) is 10.4. The number of hydrazone groups is 1. The number of nitrogens with one attached hydrogen (secondary N) is 1. The number of nitro benzene ring substituents is 1. The summed E-state index contributed by atoms with van der Waals surface area (Å²) in [7, 11) is 1.55. The third-order valence-corrected chi connectivity index (χ3v) is 2.84. The van der Waals surface area contributed by atoms with E-state index >= 15 is 0 Å². The summed E-state index contributed by atoms with van der Waals surface area (Å²) in [6.45, 7) is 0. The zero-order valence-electron chi connectivity index (χ0n) is 11.7. The number of hydrogen-bond donors (Lipinski definition) is 1. The van der Waals surface area contributed by atoms with Crippen LogP contribution in [0.1, 0.15) is 15.9 Å². The van der Waals surface area contributed by atoms with Crippen LogP contribution in [0.15, 0.2) is 53.6 Å². The van der Waals surface area contributed by atoms with Crippen LogP contribution >= 0.6 is 0 Å². The molecule has 0 aliphatic heterocycles. The first-order chi connectivity index (χ1) is 10.6. The average molecular weight is 299 g/mol. The summed E-state index contributed by atoms with van der Waals surface area (Å²) in [5, 5.41) is 14.3. The van der Waals surface area contributed by atoms with Gasteiger partial charge in [-0.15, -0.1) is 0 Å². The molecule has 2 rings (SSSR count). The molecule has 2 aromatic rings. The van der Waals surface area contributed by atoms with Gasteiger partial charge in [-0.2, -0.15) is 5.10 Å². The van der Waals surface area contributed by atoms with Crippen LogP contribution in [0.2, 0.25) is 0 Å². The van der Waals surface area contributed by atoms with Gasteiger partial charge in [0.25, 0.3) is 11.6 Å². The van der Waals surface area contributed by atoms with Crippen LogP contribution in [0.25, 0.3) is 0 Å². The van der Waals surface area contributed by atoms with Crippen molar-refractivity contribution in [2.75, 3.05) is 7.11 Å². The lowest BCUT2D eigenvalue weighted by atomic mass is 10.2. The molecule has 0 aliphatic rings. The molecule has 0 saturated heterocycles. The summed E-state index contributed by atoms with van der Waals surface area (Å²) in [4.78, 5) is 21.9. The van der Waals surface area contributed by atoms with Crippen molar-refractivity contribution in [3.05, 3.63) is 69.8 Å². The summed E-state index contributed by atoms with van der Waals surface area (Å²) in [6.07, 6.45) is 1.41. The number of nitro groups is 1. The smallest absolute Gasteiger partial charge is 0.271 e. The maximum atomic E-state index is 11.8. The first-order valence-electron chi connectivity index (χ1n) is 6.32. The summed E-state index contributed by atoms with van der Waals surface area (Å²) in [6, 6.07) is 12.4. The van der Waals surface area contributed by atoms with Gasteiger partial charge in [-0.1, -0.05) is 0 Å².